The van der Waals surface area contributed by atoms with E-state index in [1.54, 1.807) is 35.3 Å². The molecule has 11 heteroatoms. The Labute approximate surface area is 179 Å². The number of rotatable bonds is 5. The molecule has 0 saturated heterocycles. The Morgan fingerprint density at radius 1 is 1.32 bits per heavy atom. The average molecular weight is 448 g/mol. The number of alkyl halides is 3. The van der Waals surface area contributed by atoms with Crippen LogP contribution in [0.25, 0.3) is 16.2 Å². The van der Waals surface area contributed by atoms with E-state index in [-0.39, 0.29) is 17.0 Å². The highest BCUT2D eigenvalue weighted by Crippen LogP contribution is 2.33. The van der Waals surface area contributed by atoms with E-state index < -0.39 is 23.8 Å². The molecule has 31 heavy (non-hydrogen) atoms. The lowest BCUT2D eigenvalue weighted by molar-refractivity contribution is -0.142. The van der Waals surface area contributed by atoms with Crippen LogP contribution in [0.4, 0.5) is 13.2 Å². The summed E-state index contributed by atoms with van der Waals surface area (Å²) < 4.78 is 43.5. The van der Waals surface area contributed by atoms with Gasteiger partial charge in [-0.2, -0.15) is 23.4 Å². The molecule has 162 valence electrons. The standard InChI is InChI=1S/C20H19F3N6OS/c1-4-28-12(3)13(10-24-28)11(2)25-19(30)15-9-18-26-14(16-6-5-7-31-16)8-17(20(21,22)23)29(18)27-15/h5-11H,4H2,1-3H3,(H,25,30). The molecule has 1 unspecified atom stereocenters. The van der Waals surface area contributed by atoms with Crippen molar-refractivity contribution in [2.75, 3.05) is 0 Å². The van der Waals surface area contributed by atoms with Crippen molar-refractivity contribution in [1.82, 2.24) is 29.7 Å². The number of halogens is 3. The number of nitrogens with one attached hydrogen (secondary N) is 1. The maximum Gasteiger partial charge on any atom is 0.433 e. The normalized spacial score (nSPS) is 13.0. The highest BCUT2D eigenvalue weighted by molar-refractivity contribution is 7.13. The fourth-order valence-corrected chi connectivity index (χ4v) is 4.08. The lowest BCUT2D eigenvalue weighted by Gasteiger charge is -2.13. The number of carbonyl (C=O) groups excluding carboxylic acids is 1. The molecule has 4 heterocycles. The van der Waals surface area contributed by atoms with Gasteiger partial charge in [0.2, 0.25) is 0 Å². The van der Waals surface area contributed by atoms with E-state index in [1.165, 1.54) is 17.4 Å². The van der Waals surface area contributed by atoms with Gasteiger partial charge in [0.15, 0.2) is 17.0 Å². The summed E-state index contributed by atoms with van der Waals surface area (Å²) in [5, 5.41) is 12.7. The van der Waals surface area contributed by atoms with Gasteiger partial charge in [0, 0.05) is 23.9 Å². The molecule has 7 nitrogen and oxygen atoms in total. The third kappa shape index (κ3) is 3.92. The second-order valence-electron chi connectivity index (χ2n) is 7.00. The first-order valence-electron chi connectivity index (χ1n) is 9.54. The molecule has 0 bridgehead atoms. The lowest BCUT2D eigenvalue weighted by atomic mass is 10.1. The van der Waals surface area contributed by atoms with Crippen LogP contribution in [0.3, 0.4) is 0 Å². The number of carbonyl (C=O) groups is 1. The number of fused-ring (bicyclic) bond motifs is 1. The highest BCUT2D eigenvalue weighted by atomic mass is 32.1. The number of hydrogen-bond donors (Lipinski definition) is 1. The van der Waals surface area contributed by atoms with Gasteiger partial charge in [-0.25, -0.2) is 9.50 Å². The zero-order chi connectivity index (χ0) is 22.3. The van der Waals surface area contributed by atoms with Crippen LogP contribution in [-0.4, -0.2) is 30.3 Å². The minimum absolute atomic E-state index is 0.0500. The van der Waals surface area contributed by atoms with Gasteiger partial charge in [-0.1, -0.05) is 6.07 Å². The summed E-state index contributed by atoms with van der Waals surface area (Å²) >= 11 is 1.28. The van der Waals surface area contributed by atoms with Crippen LogP contribution in [-0.2, 0) is 12.7 Å². The van der Waals surface area contributed by atoms with Gasteiger partial charge >= 0.3 is 6.18 Å². The Bertz CT molecular complexity index is 1240. The van der Waals surface area contributed by atoms with Crippen molar-refractivity contribution < 1.29 is 18.0 Å². The fraction of sp³-hybridized carbons (Fsp3) is 0.300. The maximum absolute atomic E-state index is 13.7. The first-order valence-corrected chi connectivity index (χ1v) is 10.4. The first-order chi connectivity index (χ1) is 14.7. The van der Waals surface area contributed by atoms with Gasteiger partial charge in [-0.15, -0.1) is 11.3 Å². The summed E-state index contributed by atoms with van der Waals surface area (Å²) in [6, 6.07) is 5.23. The Morgan fingerprint density at radius 3 is 2.71 bits per heavy atom. The summed E-state index contributed by atoms with van der Waals surface area (Å²) in [6.45, 7) is 6.33. The molecular formula is C20H19F3N6OS. The number of amides is 1. The SMILES string of the molecule is CCn1ncc(C(C)NC(=O)c2cc3nc(-c4cccs4)cc(C(F)(F)F)n3n2)c1C. The largest absolute Gasteiger partial charge is 0.433 e. The van der Waals surface area contributed by atoms with Crippen LogP contribution >= 0.6 is 11.3 Å². The molecule has 0 aliphatic carbocycles. The lowest BCUT2D eigenvalue weighted by Crippen LogP contribution is -2.27. The number of aromatic nitrogens is 5. The second kappa shape index (κ2) is 7.80. The van der Waals surface area contributed by atoms with Crippen LogP contribution in [0, 0.1) is 6.92 Å². The fourth-order valence-electron chi connectivity index (χ4n) is 3.39. The van der Waals surface area contributed by atoms with Crippen molar-refractivity contribution in [3.63, 3.8) is 0 Å². The molecule has 0 aliphatic heterocycles. The van der Waals surface area contributed by atoms with Crippen LogP contribution in [0.2, 0.25) is 0 Å². The minimum atomic E-state index is -4.66. The smallest absolute Gasteiger partial charge is 0.344 e. The molecule has 0 radical (unpaired) electrons. The predicted molar refractivity (Wildman–Crippen MR) is 110 cm³/mol. The van der Waals surface area contributed by atoms with Crippen molar-refractivity contribution in [3.8, 4) is 10.6 Å². The molecule has 1 atom stereocenters. The monoisotopic (exact) mass is 448 g/mol. The Morgan fingerprint density at radius 2 is 2.10 bits per heavy atom. The van der Waals surface area contributed by atoms with Crippen molar-refractivity contribution in [3.05, 3.63) is 58.5 Å². The van der Waals surface area contributed by atoms with Crippen molar-refractivity contribution in [2.45, 2.75) is 39.5 Å². The third-order valence-electron chi connectivity index (χ3n) is 4.98. The Kier molecular flexibility index (Phi) is 5.29. The van der Waals surface area contributed by atoms with Crippen molar-refractivity contribution in [1.29, 1.82) is 0 Å². The van der Waals surface area contributed by atoms with Gasteiger partial charge in [0.25, 0.3) is 5.91 Å². The highest BCUT2D eigenvalue weighted by Gasteiger charge is 2.36. The molecule has 1 N–H and O–H groups in total. The molecule has 4 rings (SSSR count). The van der Waals surface area contributed by atoms with E-state index in [0.717, 1.165) is 17.3 Å². The number of aryl methyl sites for hydroxylation is 1. The van der Waals surface area contributed by atoms with Crippen LogP contribution < -0.4 is 5.32 Å². The zero-order valence-corrected chi connectivity index (χ0v) is 17.8. The topological polar surface area (TPSA) is 77.1 Å². The number of nitrogens with zero attached hydrogens (tertiary/aromatic N) is 5. The van der Waals surface area contributed by atoms with E-state index in [9.17, 15) is 18.0 Å². The van der Waals surface area contributed by atoms with Crippen LogP contribution in [0.1, 0.15) is 47.3 Å². The molecule has 4 aromatic heterocycles. The number of thiophene rings is 1. The third-order valence-corrected chi connectivity index (χ3v) is 5.87. The summed E-state index contributed by atoms with van der Waals surface area (Å²) in [6.07, 6.45) is -2.99. The molecule has 0 aliphatic rings. The molecule has 1 amide bonds. The number of hydrogen-bond acceptors (Lipinski definition) is 5. The van der Waals surface area contributed by atoms with E-state index in [0.29, 0.717) is 15.9 Å². The molecule has 0 aromatic carbocycles. The molecule has 0 saturated carbocycles. The van der Waals surface area contributed by atoms with Gasteiger partial charge in [0.05, 0.1) is 22.8 Å². The van der Waals surface area contributed by atoms with Crippen LogP contribution in [0.15, 0.2) is 35.8 Å². The zero-order valence-electron chi connectivity index (χ0n) is 16.9. The van der Waals surface area contributed by atoms with Gasteiger partial charge in [-0.3, -0.25) is 9.48 Å². The summed E-state index contributed by atoms with van der Waals surface area (Å²) in [5.74, 6) is -0.590. The van der Waals surface area contributed by atoms with Gasteiger partial charge < -0.3 is 5.32 Å². The maximum atomic E-state index is 13.7. The predicted octanol–water partition coefficient (Wildman–Crippen LogP) is 4.49. The minimum Gasteiger partial charge on any atom is -0.344 e. The average Bonchev–Trinajstić information content (AvgIpc) is 3.45. The molecule has 0 spiro atoms. The summed E-state index contributed by atoms with van der Waals surface area (Å²) in [4.78, 5) is 17.6. The molecule has 4 aromatic rings. The van der Waals surface area contributed by atoms with Crippen molar-refractivity contribution >= 4 is 22.9 Å². The van der Waals surface area contributed by atoms with E-state index >= 15 is 0 Å². The van der Waals surface area contributed by atoms with Crippen LogP contribution in [0.5, 0.6) is 0 Å². The Balaban J connectivity index is 1.69. The Hall–Kier alpha value is -3.21. The first kappa shape index (κ1) is 21.0. The quantitative estimate of drug-likeness (QED) is 0.488. The molecule has 0 fully saturated rings. The van der Waals surface area contributed by atoms with E-state index in [2.05, 4.69) is 20.5 Å². The second-order valence-corrected chi connectivity index (χ2v) is 7.95. The molecular weight excluding hydrogens is 429 g/mol. The van der Waals surface area contributed by atoms with E-state index in [1.807, 2.05) is 13.8 Å². The van der Waals surface area contributed by atoms with E-state index in [4.69, 9.17) is 0 Å². The summed E-state index contributed by atoms with van der Waals surface area (Å²) in [5.41, 5.74) is 0.727. The van der Waals surface area contributed by atoms with Crippen molar-refractivity contribution in [2.24, 2.45) is 0 Å². The van der Waals surface area contributed by atoms with Gasteiger partial charge in [0.1, 0.15) is 0 Å². The van der Waals surface area contributed by atoms with Gasteiger partial charge in [-0.05, 0) is 38.3 Å². The summed E-state index contributed by atoms with van der Waals surface area (Å²) in [7, 11) is 0.